The van der Waals surface area contributed by atoms with Crippen molar-refractivity contribution in [1.29, 1.82) is 0 Å². The SMILES string of the molecule is Cc1nc(Cl)c(C=O)c(-c2cc(F)ccc2Cl)n1. The van der Waals surface area contributed by atoms with Crippen LogP contribution in [0.15, 0.2) is 18.2 Å². The Labute approximate surface area is 113 Å². The van der Waals surface area contributed by atoms with Gasteiger partial charge in [-0.25, -0.2) is 14.4 Å². The van der Waals surface area contributed by atoms with Gasteiger partial charge in [0.1, 0.15) is 16.8 Å². The monoisotopic (exact) mass is 284 g/mol. The molecule has 0 unspecified atom stereocenters. The zero-order valence-corrected chi connectivity index (χ0v) is 10.8. The first kappa shape index (κ1) is 12.9. The second kappa shape index (κ2) is 5.00. The molecule has 1 aromatic heterocycles. The van der Waals surface area contributed by atoms with E-state index in [1.54, 1.807) is 6.92 Å². The Kier molecular flexibility index (Phi) is 3.59. The van der Waals surface area contributed by atoms with Crippen molar-refractivity contribution in [3.8, 4) is 11.3 Å². The van der Waals surface area contributed by atoms with Crippen LogP contribution >= 0.6 is 23.2 Å². The molecular formula is C12H7Cl2FN2O. The Bertz CT molecular complexity index is 632. The number of aldehydes is 1. The van der Waals surface area contributed by atoms with Crippen LogP contribution in [0.25, 0.3) is 11.3 Å². The van der Waals surface area contributed by atoms with E-state index in [1.807, 2.05) is 0 Å². The van der Waals surface area contributed by atoms with Gasteiger partial charge in [0.05, 0.1) is 16.3 Å². The molecule has 0 bridgehead atoms. The van der Waals surface area contributed by atoms with Crippen molar-refractivity contribution in [3.05, 3.63) is 45.6 Å². The van der Waals surface area contributed by atoms with Crippen LogP contribution in [0.1, 0.15) is 16.2 Å². The van der Waals surface area contributed by atoms with Gasteiger partial charge in [-0.15, -0.1) is 0 Å². The summed E-state index contributed by atoms with van der Waals surface area (Å²) in [4.78, 5) is 19.0. The number of hydrogen-bond donors (Lipinski definition) is 0. The topological polar surface area (TPSA) is 42.9 Å². The molecule has 0 aliphatic carbocycles. The minimum absolute atomic E-state index is 0.0211. The standard InChI is InChI=1S/C12H7Cl2FN2O/c1-6-16-11(9(5-18)12(14)17-6)8-4-7(15)2-3-10(8)13/h2-5H,1H3. The van der Waals surface area contributed by atoms with Crippen LogP contribution in [0.5, 0.6) is 0 Å². The van der Waals surface area contributed by atoms with Gasteiger partial charge in [0.15, 0.2) is 6.29 Å². The van der Waals surface area contributed by atoms with Crippen molar-refractivity contribution in [2.24, 2.45) is 0 Å². The van der Waals surface area contributed by atoms with Crippen molar-refractivity contribution in [2.45, 2.75) is 6.92 Å². The van der Waals surface area contributed by atoms with Gasteiger partial charge in [-0.3, -0.25) is 4.79 Å². The Hall–Kier alpha value is -1.52. The quantitative estimate of drug-likeness (QED) is 0.624. The fraction of sp³-hybridized carbons (Fsp3) is 0.0833. The van der Waals surface area contributed by atoms with Crippen LogP contribution in [0.3, 0.4) is 0 Å². The van der Waals surface area contributed by atoms with Crippen molar-refractivity contribution in [3.63, 3.8) is 0 Å². The highest BCUT2D eigenvalue weighted by molar-refractivity contribution is 6.34. The predicted octanol–water partition coefficient (Wildman–Crippen LogP) is 3.71. The summed E-state index contributed by atoms with van der Waals surface area (Å²) < 4.78 is 13.2. The predicted molar refractivity (Wildman–Crippen MR) is 67.6 cm³/mol. The van der Waals surface area contributed by atoms with Crippen molar-refractivity contribution >= 4 is 29.5 Å². The lowest BCUT2D eigenvalue weighted by Gasteiger charge is -2.08. The number of rotatable bonds is 2. The third-order valence-electron chi connectivity index (χ3n) is 2.31. The van der Waals surface area contributed by atoms with E-state index >= 15 is 0 Å². The van der Waals surface area contributed by atoms with Crippen molar-refractivity contribution < 1.29 is 9.18 Å². The van der Waals surface area contributed by atoms with E-state index in [0.29, 0.717) is 17.7 Å². The second-order valence-corrected chi connectivity index (χ2v) is 4.33. The minimum Gasteiger partial charge on any atom is -0.298 e. The van der Waals surface area contributed by atoms with E-state index in [0.717, 1.165) is 0 Å². The average molecular weight is 285 g/mol. The molecule has 0 aliphatic rings. The fourth-order valence-electron chi connectivity index (χ4n) is 1.54. The van der Waals surface area contributed by atoms with Gasteiger partial charge in [-0.1, -0.05) is 23.2 Å². The van der Waals surface area contributed by atoms with Crippen LogP contribution in [-0.4, -0.2) is 16.3 Å². The zero-order chi connectivity index (χ0) is 13.3. The maximum Gasteiger partial charge on any atom is 0.155 e. The van der Waals surface area contributed by atoms with Crippen molar-refractivity contribution in [2.75, 3.05) is 0 Å². The lowest BCUT2D eigenvalue weighted by Crippen LogP contribution is -2.00. The second-order valence-electron chi connectivity index (χ2n) is 3.57. The number of halogens is 3. The first-order valence-corrected chi connectivity index (χ1v) is 5.73. The molecule has 3 nitrogen and oxygen atoms in total. The molecule has 0 atom stereocenters. The molecule has 18 heavy (non-hydrogen) atoms. The van der Waals surface area contributed by atoms with Crippen LogP contribution < -0.4 is 0 Å². The molecular weight excluding hydrogens is 278 g/mol. The summed E-state index contributed by atoms with van der Waals surface area (Å²) in [6.45, 7) is 1.62. The molecule has 0 saturated heterocycles. The zero-order valence-electron chi connectivity index (χ0n) is 9.25. The fourth-order valence-corrected chi connectivity index (χ4v) is 2.00. The molecule has 92 valence electrons. The molecule has 0 aliphatic heterocycles. The first-order chi connectivity index (χ1) is 8.52. The van der Waals surface area contributed by atoms with Gasteiger partial charge in [-0.2, -0.15) is 0 Å². The van der Waals surface area contributed by atoms with Gasteiger partial charge in [0.25, 0.3) is 0 Å². The maximum atomic E-state index is 13.2. The summed E-state index contributed by atoms with van der Waals surface area (Å²) >= 11 is 11.8. The highest BCUT2D eigenvalue weighted by Crippen LogP contribution is 2.31. The number of aromatic nitrogens is 2. The maximum absolute atomic E-state index is 13.2. The van der Waals surface area contributed by atoms with E-state index in [4.69, 9.17) is 23.2 Å². The van der Waals surface area contributed by atoms with Gasteiger partial charge in [0.2, 0.25) is 0 Å². The highest BCUT2D eigenvalue weighted by Gasteiger charge is 2.16. The normalized spacial score (nSPS) is 10.4. The van der Waals surface area contributed by atoms with E-state index in [-0.39, 0.29) is 21.4 Å². The highest BCUT2D eigenvalue weighted by atomic mass is 35.5. The summed E-state index contributed by atoms with van der Waals surface area (Å²) in [5.41, 5.74) is 0.632. The lowest BCUT2D eigenvalue weighted by molar-refractivity contribution is 0.112. The largest absolute Gasteiger partial charge is 0.298 e. The number of carbonyl (C=O) groups excluding carboxylic acids is 1. The Morgan fingerprint density at radius 1 is 1.28 bits per heavy atom. The van der Waals surface area contributed by atoms with Gasteiger partial charge in [0, 0.05) is 5.56 Å². The van der Waals surface area contributed by atoms with E-state index < -0.39 is 5.82 Å². The third-order valence-corrected chi connectivity index (χ3v) is 2.93. The Morgan fingerprint density at radius 2 is 2.00 bits per heavy atom. The van der Waals surface area contributed by atoms with Gasteiger partial charge in [-0.05, 0) is 25.1 Å². The molecule has 0 amide bonds. The molecule has 2 rings (SSSR count). The van der Waals surface area contributed by atoms with Gasteiger partial charge < -0.3 is 0 Å². The number of hydrogen-bond acceptors (Lipinski definition) is 3. The van der Waals surface area contributed by atoms with Crippen LogP contribution in [0, 0.1) is 12.7 Å². The van der Waals surface area contributed by atoms with Crippen LogP contribution in [-0.2, 0) is 0 Å². The first-order valence-electron chi connectivity index (χ1n) is 4.97. The minimum atomic E-state index is -0.473. The summed E-state index contributed by atoms with van der Waals surface area (Å²) in [6.07, 6.45) is 0.526. The molecule has 6 heteroatoms. The van der Waals surface area contributed by atoms with Gasteiger partial charge >= 0.3 is 0 Å². The molecule has 1 aromatic carbocycles. The number of nitrogens with zero attached hydrogens (tertiary/aromatic N) is 2. The number of benzene rings is 1. The molecule has 0 fully saturated rings. The summed E-state index contributed by atoms with van der Waals surface area (Å²) in [5, 5.41) is 0.307. The molecule has 0 radical (unpaired) electrons. The van der Waals surface area contributed by atoms with Crippen LogP contribution in [0.4, 0.5) is 4.39 Å². The summed E-state index contributed by atoms with van der Waals surface area (Å²) in [7, 11) is 0. The lowest BCUT2D eigenvalue weighted by atomic mass is 10.1. The number of carbonyl (C=O) groups is 1. The van der Waals surface area contributed by atoms with Crippen molar-refractivity contribution in [1.82, 2.24) is 9.97 Å². The molecule has 0 saturated carbocycles. The number of aryl methyl sites for hydroxylation is 1. The average Bonchev–Trinajstić information content (AvgIpc) is 2.31. The summed E-state index contributed by atoms with van der Waals surface area (Å²) in [5.74, 6) is -0.0976. The van der Waals surface area contributed by atoms with E-state index in [2.05, 4.69) is 9.97 Å². The Balaban J connectivity index is 2.77. The molecule has 1 heterocycles. The summed E-state index contributed by atoms with van der Waals surface area (Å²) in [6, 6.07) is 3.82. The molecule has 0 N–H and O–H groups in total. The van der Waals surface area contributed by atoms with E-state index in [1.165, 1.54) is 18.2 Å². The molecule has 0 spiro atoms. The Morgan fingerprint density at radius 3 is 2.67 bits per heavy atom. The van der Waals surface area contributed by atoms with E-state index in [9.17, 15) is 9.18 Å². The van der Waals surface area contributed by atoms with Crippen LogP contribution in [0.2, 0.25) is 10.2 Å². The molecule has 2 aromatic rings. The smallest absolute Gasteiger partial charge is 0.155 e. The third kappa shape index (κ3) is 2.35.